The van der Waals surface area contributed by atoms with Crippen LogP contribution in [0.3, 0.4) is 0 Å². The lowest BCUT2D eigenvalue weighted by atomic mass is 10.2. The summed E-state index contributed by atoms with van der Waals surface area (Å²) in [7, 11) is -3.40. The zero-order chi connectivity index (χ0) is 18.1. The fourth-order valence-electron chi connectivity index (χ4n) is 3.42. The molecular formula is C19H23N2O4S+. The Labute approximate surface area is 154 Å². The first-order valence-electron chi connectivity index (χ1n) is 8.81. The van der Waals surface area contributed by atoms with Gasteiger partial charge in [0.05, 0.1) is 31.1 Å². The Morgan fingerprint density at radius 3 is 2.42 bits per heavy atom. The van der Waals surface area contributed by atoms with Gasteiger partial charge in [0, 0.05) is 5.56 Å². The van der Waals surface area contributed by atoms with Gasteiger partial charge in [-0.2, -0.15) is 4.31 Å². The minimum atomic E-state index is -3.40. The second-order valence-electron chi connectivity index (χ2n) is 6.83. The Morgan fingerprint density at radius 1 is 1.00 bits per heavy atom. The minimum absolute atomic E-state index is 0.279. The van der Waals surface area contributed by atoms with Crippen molar-refractivity contribution in [3.05, 3.63) is 53.6 Å². The van der Waals surface area contributed by atoms with Gasteiger partial charge in [-0.05, 0) is 37.3 Å². The van der Waals surface area contributed by atoms with Crippen LogP contribution in [0, 0.1) is 6.92 Å². The molecule has 0 aromatic heterocycles. The van der Waals surface area contributed by atoms with Crippen LogP contribution in [-0.4, -0.2) is 45.7 Å². The van der Waals surface area contributed by atoms with Crippen molar-refractivity contribution >= 4 is 10.0 Å². The first kappa shape index (κ1) is 17.3. The maximum Gasteiger partial charge on any atom is 0.243 e. The normalized spacial score (nSPS) is 18.2. The number of sulfonamides is 1. The molecule has 1 N–H and O–H groups in total. The molecule has 0 bridgehead atoms. The van der Waals surface area contributed by atoms with Crippen molar-refractivity contribution in [2.24, 2.45) is 0 Å². The molecule has 138 valence electrons. The highest BCUT2D eigenvalue weighted by Crippen LogP contribution is 2.32. The van der Waals surface area contributed by atoms with E-state index in [2.05, 4.69) is 6.07 Å². The van der Waals surface area contributed by atoms with Crippen molar-refractivity contribution in [2.75, 3.05) is 33.0 Å². The van der Waals surface area contributed by atoms with E-state index in [1.54, 1.807) is 16.4 Å². The van der Waals surface area contributed by atoms with E-state index in [0.717, 1.165) is 36.7 Å². The van der Waals surface area contributed by atoms with Gasteiger partial charge in [0.25, 0.3) is 0 Å². The van der Waals surface area contributed by atoms with Crippen LogP contribution in [0.2, 0.25) is 0 Å². The average Bonchev–Trinajstić information content (AvgIpc) is 3.10. The summed E-state index contributed by atoms with van der Waals surface area (Å²) < 4.78 is 37.9. The Kier molecular flexibility index (Phi) is 4.60. The number of benzene rings is 2. The number of rotatable bonds is 4. The van der Waals surface area contributed by atoms with Crippen molar-refractivity contribution < 1.29 is 22.8 Å². The van der Waals surface area contributed by atoms with Crippen LogP contribution >= 0.6 is 0 Å². The van der Waals surface area contributed by atoms with Gasteiger partial charge >= 0.3 is 0 Å². The lowest BCUT2D eigenvalue weighted by Crippen LogP contribution is -3.13. The summed E-state index contributed by atoms with van der Waals surface area (Å²) in [4.78, 5) is 1.75. The Balaban J connectivity index is 1.38. The van der Waals surface area contributed by atoms with E-state index >= 15 is 0 Å². The average molecular weight is 375 g/mol. The third kappa shape index (κ3) is 3.42. The third-order valence-electron chi connectivity index (χ3n) is 4.98. The number of fused-ring (bicyclic) bond motifs is 1. The van der Waals surface area contributed by atoms with Crippen LogP contribution in [0.25, 0.3) is 0 Å². The van der Waals surface area contributed by atoms with E-state index < -0.39 is 10.0 Å². The molecular weight excluding hydrogens is 352 g/mol. The molecule has 0 unspecified atom stereocenters. The van der Waals surface area contributed by atoms with Crippen LogP contribution in [-0.2, 0) is 16.6 Å². The zero-order valence-corrected chi connectivity index (χ0v) is 15.6. The van der Waals surface area contributed by atoms with Crippen molar-refractivity contribution in [3.8, 4) is 11.5 Å². The van der Waals surface area contributed by atoms with Crippen molar-refractivity contribution in [3.63, 3.8) is 0 Å². The van der Waals surface area contributed by atoms with Crippen LogP contribution in [0.4, 0.5) is 0 Å². The molecule has 2 aliphatic heterocycles. The first-order chi connectivity index (χ1) is 12.5. The molecule has 0 saturated carbocycles. The van der Waals surface area contributed by atoms with E-state index in [1.165, 1.54) is 10.5 Å². The monoisotopic (exact) mass is 375 g/mol. The molecule has 0 radical (unpaired) electrons. The SMILES string of the molecule is Cc1ccc(S(=O)(=O)N2CC[NH+](Cc3ccc4c(c3)OCO4)CC2)cc1. The molecule has 2 aliphatic rings. The predicted molar refractivity (Wildman–Crippen MR) is 96.9 cm³/mol. The van der Waals surface area contributed by atoms with E-state index in [0.29, 0.717) is 18.0 Å². The number of piperazine rings is 1. The lowest BCUT2D eigenvalue weighted by molar-refractivity contribution is -0.917. The summed E-state index contributed by atoms with van der Waals surface area (Å²) in [6.45, 7) is 5.75. The molecule has 26 heavy (non-hydrogen) atoms. The van der Waals surface area contributed by atoms with Crippen LogP contribution in [0.1, 0.15) is 11.1 Å². The van der Waals surface area contributed by atoms with Crippen LogP contribution < -0.4 is 14.4 Å². The largest absolute Gasteiger partial charge is 0.454 e. The Morgan fingerprint density at radius 2 is 1.69 bits per heavy atom. The summed E-state index contributed by atoms with van der Waals surface area (Å²) >= 11 is 0. The van der Waals surface area contributed by atoms with E-state index in [4.69, 9.17) is 9.47 Å². The molecule has 0 amide bonds. The molecule has 2 heterocycles. The zero-order valence-electron chi connectivity index (χ0n) is 14.8. The molecule has 2 aromatic rings. The lowest BCUT2D eigenvalue weighted by Gasteiger charge is -2.31. The molecule has 2 aromatic carbocycles. The second kappa shape index (κ2) is 6.90. The molecule has 1 saturated heterocycles. The van der Waals surface area contributed by atoms with Gasteiger partial charge in [0.2, 0.25) is 16.8 Å². The number of hydrogen-bond acceptors (Lipinski definition) is 4. The molecule has 1 fully saturated rings. The number of nitrogens with zero attached hydrogens (tertiary/aromatic N) is 1. The summed E-state index contributed by atoms with van der Waals surface area (Å²) in [6, 6.07) is 13.1. The topological polar surface area (TPSA) is 60.3 Å². The number of ether oxygens (including phenoxy) is 2. The summed E-state index contributed by atoms with van der Waals surface area (Å²) in [5.41, 5.74) is 2.24. The molecule has 6 nitrogen and oxygen atoms in total. The minimum Gasteiger partial charge on any atom is -0.454 e. The highest BCUT2D eigenvalue weighted by atomic mass is 32.2. The maximum atomic E-state index is 12.8. The van der Waals surface area contributed by atoms with Crippen molar-refractivity contribution in [1.82, 2.24) is 4.31 Å². The van der Waals surface area contributed by atoms with Crippen molar-refractivity contribution in [2.45, 2.75) is 18.4 Å². The molecule has 0 aliphatic carbocycles. The number of hydrogen-bond donors (Lipinski definition) is 1. The Bertz CT molecular complexity index is 888. The fourth-order valence-corrected chi connectivity index (χ4v) is 4.86. The van der Waals surface area contributed by atoms with Gasteiger partial charge in [0.15, 0.2) is 11.5 Å². The van der Waals surface area contributed by atoms with Gasteiger partial charge in [-0.3, -0.25) is 0 Å². The first-order valence-corrected chi connectivity index (χ1v) is 10.3. The highest BCUT2D eigenvalue weighted by Gasteiger charge is 2.30. The molecule has 7 heteroatoms. The second-order valence-corrected chi connectivity index (χ2v) is 8.77. The van der Waals surface area contributed by atoms with E-state index in [9.17, 15) is 8.42 Å². The third-order valence-corrected chi connectivity index (χ3v) is 6.89. The standard InChI is InChI=1S/C19H22N2O4S/c1-15-2-5-17(6-3-15)26(22,23)21-10-8-20(9-11-21)13-16-4-7-18-19(12-16)25-14-24-18/h2-7,12H,8-11,13-14H2,1H3/p+1. The number of nitrogens with one attached hydrogen (secondary N) is 1. The fraction of sp³-hybridized carbons (Fsp3) is 0.368. The Hall–Kier alpha value is -2.09. The van der Waals surface area contributed by atoms with Gasteiger partial charge in [-0.15, -0.1) is 0 Å². The molecule has 0 atom stereocenters. The number of quaternary nitrogens is 1. The number of aryl methyl sites for hydroxylation is 1. The van der Waals surface area contributed by atoms with Gasteiger partial charge < -0.3 is 14.4 Å². The van der Waals surface area contributed by atoms with E-state index in [-0.39, 0.29) is 6.79 Å². The van der Waals surface area contributed by atoms with Crippen molar-refractivity contribution in [1.29, 1.82) is 0 Å². The smallest absolute Gasteiger partial charge is 0.243 e. The summed E-state index contributed by atoms with van der Waals surface area (Å²) in [5.74, 6) is 1.58. The van der Waals surface area contributed by atoms with Gasteiger partial charge in [0.1, 0.15) is 6.54 Å². The quantitative estimate of drug-likeness (QED) is 0.859. The molecule has 0 spiro atoms. The predicted octanol–water partition coefficient (Wildman–Crippen LogP) is 0.813. The van der Waals surface area contributed by atoms with Gasteiger partial charge in [-0.1, -0.05) is 17.7 Å². The van der Waals surface area contributed by atoms with Crippen LogP contribution in [0.5, 0.6) is 11.5 Å². The highest BCUT2D eigenvalue weighted by molar-refractivity contribution is 7.89. The van der Waals surface area contributed by atoms with E-state index in [1.807, 2.05) is 31.2 Å². The maximum absolute atomic E-state index is 12.8. The summed E-state index contributed by atoms with van der Waals surface area (Å²) in [6.07, 6.45) is 0. The molecule has 4 rings (SSSR count). The van der Waals surface area contributed by atoms with Gasteiger partial charge in [-0.25, -0.2) is 8.42 Å². The summed E-state index contributed by atoms with van der Waals surface area (Å²) in [5, 5.41) is 0. The van der Waals surface area contributed by atoms with Crippen LogP contribution in [0.15, 0.2) is 47.4 Å².